The minimum Gasteiger partial charge on any atom is -0.434 e. The number of ether oxygens (including phenoxy) is 1. The maximum absolute atomic E-state index is 12.6. The fourth-order valence-corrected chi connectivity index (χ4v) is 3.46. The predicted octanol–water partition coefficient (Wildman–Crippen LogP) is 3.53. The lowest BCUT2D eigenvalue weighted by molar-refractivity contribution is -0.0512. The summed E-state index contributed by atoms with van der Waals surface area (Å²) in [5.74, 6) is 0.287. The van der Waals surface area contributed by atoms with Crippen LogP contribution in [0.2, 0.25) is 0 Å². The zero-order valence-electron chi connectivity index (χ0n) is 12.3. The Hall–Kier alpha value is -0.720. The Morgan fingerprint density at radius 3 is 2.76 bits per heavy atom. The van der Waals surface area contributed by atoms with Crippen LogP contribution in [0.5, 0.6) is 5.75 Å². The number of likely N-dealkylation sites (tertiary alicyclic amines) is 1. The highest BCUT2D eigenvalue weighted by atomic mass is 79.9. The fraction of sp³-hybridized carbons (Fsp3) is 0.600. The molecule has 1 aromatic carbocycles. The number of rotatable bonds is 5. The topological polar surface area (TPSA) is 38.5 Å². The second-order valence-corrected chi connectivity index (χ2v) is 6.98. The van der Waals surface area contributed by atoms with E-state index in [1.165, 1.54) is 0 Å². The van der Waals surface area contributed by atoms with Gasteiger partial charge < -0.3 is 10.5 Å². The third-order valence-electron chi connectivity index (χ3n) is 4.05. The van der Waals surface area contributed by atoms with Crippen molar-refractivity contribution in [3.05, 3.63) is 27.7 Å². The molecule has 2 rings (SSSR count). The molecular formula is C15H21BrF2N2O. The van der Waals surface area contributed by atoms with Crippen molar-refractivity contribution in [1.82, 2.24) is 4.90 Å². The summed E-state index contributed by atoms with van der Waals surface area (Å²) < 4.78 is 30.8. The number of aryl methyl sites for hydroxylation is 1. The average Bonchev–Trinajstić information content (AvgIpc) is 2.76. The van der Waals surface area contributed by atoms with E-state index in [1.807, 2.05) is 6.07 Å². The zero-order chi connectivity index (χ0) is 15.6. The van der Waals surface area contributed by atoms with E-state index < -0.39 is 6.61 Å². The summed E-state index contributed by atoms with van der Waals surface area (Å²) in [4.78, 5) is 2.24. The minimum atomic E-state index is -2.81. The first-order chi connectivity index (χ1) is 9.83. The van der Waals surface area contributed by atoms with Gasteiger partial charge in [-0.25, -0.2) is 0 Å². The molecule has 1 fully saturated rings. The van der Waals surface area contributed by atoms with Crippen LogP contribution in [0, 0.1) is 12.3 Å². The van der Waals surface area contributed by atoms with Gasteiger partial charge >= 0.3 is 6.61 Å². The number of nitrogens with two attached hydrogens (primary N) is 1. The lowest BCUT2D eigenvalue weighted by Gasteiger charge is -2.23. The second kappa shape index (κ2) is 6.58. The average molecular weight is 363 g/mol. The van der Waals surface area contributed by atoms with E-state index in [0.717, 1.165) is 29.5 Å². The van der Waals surface area contributed by atoms with Crippen LogP contribution < -0.4 is 10.5 Å². The quantitative estimate of drug-likeness (QED) is 0.870. The molecular weight excluding hydrogens is 342 g/mol. The van der Waals surface area contributed by atoms with Gasteiger partial charge in [-0.15, -0.1) is 0 Å². The largest absolute Gasteiger partial charge is 0.434 e. The van der Waals surface area contributed by atoms with Crippen molar-refractivity contribution in [2.45, 2.75) is 33.4 Å². The third-order valence-corrected chi connectivity index (χ3v) is 4.50. The van der Waals surface area contributed by atoms with Crippen LogP contribution in [-0.4, -0.2) is 31.1 Å². The third kappa shape index (κ3) is 4.14. The highest BCUT2D eigenvalue weighted by Crippen LogP contribution is 2.34. The van der Waals surface area contributed by atoms with Gasteiger partial charge in [0.2, 0.25) is 0 Å². The van der Waals surface area contributed by atoms with Crippen molar-refractivity contribution in [3.8, 4) is 5.75 Å². The van der Waals surface area contributed by atoms with E-state index in [4.69, 9.17) is 10.5 Å². The lowest BCUT2D eigenvalue weighted by Crippen LogP contribution is -2.31. The molecule has 0 radical (unpaired) electrons. The van der Waals surface area contributed by atoms with Crippen molar-refractivity contribution in [3.63, 3.8) is 0 Å². The van der Waals surface area contributed by atoms with E-state index in [9.17, 15) is 8.78 Å². The Balaban J connectivity index is 2.19. The van der Waals surface area contributed by atoms with E-state index in [0.29, 0.717) is 18.7 Å². The minimum absolute atomic E-state index is 0.116. The van der Waals surface area contributed by atoms with Crippen molar-refractivity contribution in [2.24, 2.45) is 11.1 Å². The second-order valence-electron chi connectivity index (χ2n) is 6.06. The molecule has 3 nitrogen and oxygen atoms in total. The van der Waals surface area contributed by atoms with Gasteiger partial charge in [0.05, 0.1) is 0 Å². The molecule has 1 unspecified atom stereocenters. The first kappa shape index (κ1) is 16.6. The van der Waals surface area contributed by atoms with Gasteiger partial charge in [-0.3, -0.25) is 4.90 Å². The lowest BCUT2D eigenvalue weighted by atomic mass is 9.90. The maximum atomic E-state index is 12.6. The molecule has 0 bridgehead atoms. The highest BCUT2D eigenvalue weighted by molar-refractivity contribution is 9.10. The Bertz CT molecular complexity index is 513. The predicted molar refractivity (Wildman–Crippen MR) is 82.6 cm³/mol. The van der Waals surface area contributed by atoms with Gasteiger partial charge in [0.25, 0.3) is 0 Å². The van der Waals surface area contributed by atoms with Crippen LogP contribution >= 0.6 is 15.9 Å². The van der Waals surface area contributed by atoms with Crippen LogP contribution in [0.15, 0.2) is 16.6 Å². The molecule has 118 valence electrons. The summed E-state index contributed by atoms with van der Waals surface area (Å²) in [5.41, 5.74) is 7.42. The molecule has 1 saturated heterocycles. The molecule has 1 atom stereocenters. The summed E-state index contributed by atoms with van der Waals surface area (Å²) in [5, 5.41) is 0. The van der Waals surface area contributed by atoms with Gasteiger partial charge in [0, 0.05) is 23.1 Å². The van der Waals surface area contributed by atoms with E-state index in [-0.39, 0.29) is 11.2 Å². The van der Waals surface area contributed by atoms with Crippen molar-refractivity contribution in [2.75, 3.05) is 19.6 Å². The molecule has 2 N–H and O–H groups in total. The van der Waals surface area contributed by atoms with Crippen LogP contribution in [0.1, 0.15) is 24.5 Å². The molecule has 1 aliphatic heterocycles. The first-order valence-corrected chi connectivity index (χ1v) is 7.78. The molecule has 1 aliphatic rings. The summed E-state index contributed by atoms with van der Waals surface area (Å²) >= 11 is 3.42. The standard InChI is InChI=1S/C15H21BrF2N2O/c1-10-5-12(16)6-11(13(10)21-14(17)18)7-20-4-3-15(2,8-19)9-20/h5-6,14H,3-4,7-9,19H2,1-2H3. The van der Waals surface area contributed by atoms with Crippen LogP contribution in [-0.2, 0) is 6.54 Å². The van der Waals surface area contributed by atoms with Crippen molar-refractivity contribution < 1.29 is 13.5 Å². The van der Waals surface area contributed by atoms with Crippen LogP contribution in [0.3, 0.4) is 0 Å². The SMILES string of the molecule is Cc1cc(Br)cc(CN2CCC(C)(CN)C2)c1OC(F)F. The molecule has 6 heteroatoms. The summed E-state index contributed by atoms with van der Waals surface area (Å²) in [6.07, 6.45) is 1.03. The van der Waals surface area contributed by atoms with Gasteiger partial charge in [0.15, 0.2) is 0 Å². The molecule has 1 aromatic rings. The Kier molecular flexibility index (Phi) is 5.22. The molecule has 0 spiro atoms. The number of hydrogen-bond acceptors (Lipinski definition) is 3. The smallest absolute Gasteiger partial charge is 0.387 e. The molecule has 0 aliphatic carbocycles. The maximum Gasteiger partial charge on any atom is 0.387 e. The highest BCUT2D eigenvalue weighted by Gasteiger charge is 2.32. The number of hydrogen-bond donors (Lipinski definition) is 1. The van der Waals surface area contributed by atoms with Crippen LogP contribution in [0.4, 0.5) is 8.78 Å². The zero-order valence-corrected chi connectivity index (χ0v) is 13.9. The van der Waals surface area contributed by atoms with E-state index in [1.54, 1.807) is 13.0 Å². The summed E-state index contributed by atoms with van der Waals surface area (Å²) in [6, 6.07) is 3.64. The molecule has 0 amide bonds. The van der Waals surface area contributed by atoms with Crippen LogP contribution in [0.25, 0.3) is 0 Å². The van der Waals surface area contributed by atoms with Gasteiger partial charge in [-0.1, -0.05) is 22.9 Å². The number of benzene rings is 1. The Morgan fingerprint density at radius 1 is 1.48 bits per heavy atom. The molecule has 0 saturated carbocycles. The Labute approximate surface area is 132 Å². The van der Waals surface area contributed by atoms with Gasteiger partial charge in [-0.05, 0) is 49.5 Å². The molecule has 0 aromatic heterocycles. The van der Waals surface area contributed by atoms with Gasteiger partial charge in [-0.2, -0.15) is 8.78 Å². The molecule has 1 heterocycles. The summed E-state index contributed by atoms with van der Waals surface area (Å²) in [6.45, 7) is 4.17. The van der Waals surface area contributed by atoms with E-state index >= 15 is 0 Å². The van der Waals surface area contributed by atoms with Crippen molar-refractivity contribution >= 4 is 15.9 Å². The molecule has 21 heavy (non-hydrogen) atoms. The summed E-state index contributed by atoms with van der Waals surface area (Å²) in [7, 11) is 0. The fourth-order valence-electron chi connectivity index (χ4n) is 2.84. The number of alkyl halides is 2. The Morgan fingerprint density at radius 2 is 2.19 bits per heavy atom. The van der Waals surface area contributed by atoms with Crippen molar-refractivity contribution in [1.29, 1.82) is 0 Å². The monoisotopic (exact) mass is 362 g/mol. The normalized spacial score (nSPS) is 23.0. The van der Waals surface area contributed by atoms with Gasteiger partial charge in [0.1, 0.15) is 5.75 Å². The van der Waals surface area contributed by atoms with E-state index in [2.05, 4.69) is 27.8 Å². The first-order valence-electron chi connectivity index (χ1n) is 6.99. The number of halogens is 3. The number of nitrogens with zero attached hydrogens (tertiary/aromatic N) is 1.